The first-order valence-electron chi connectivity index (χ1n) is 15.1. The van der Waals surface area contributed by atoms with Crippen LogP contribution in [0.4, 0.5) is 26.4 Å². The molecule has 1 aliphatic rings. The van der Waals surface area contributed by atoms with Crippen LogP contribution in [0, 0.1) is 11.7 Å². The lowest BCUT2D eigenvalue weighted by Crippen LogP contribution is -2.48. The number of anilines is 3. The summed E-state index contributed by atoms with van der Waals surface area (Å²) >= 11 is 6.03. The van der Waals surface area contributed by atoms with Crippen LogP contribution in [0.25, 0.3) is 22.3 Å². The summed E-state index contributed by atoms with van der Waals surface area (Å²) in [5.74, 6) is -1.16. The van der Waals surface area contributed by atoms with Gasteiger partial charge in [0.05, 0.1) is 46.0 Å². The number of rotatable bonds is 10. The Morgan fingerprint density at radius 3 is 2.71 bits per heavy atom. The van der Waals surface area contributed by atoms with Crippen LogP contribution in [0.3, 0.4) is 0 Å². The van der Waals surface area contributed by atoms with Crippen LogP contribution in [0.2, 0.25) is 5.02 Å². The number of nitrogens with zero attached hydrogens (tertiary/aromatic N) is 4. The van der Waals surface area contributed by atoms with Crippen molar-refractivity contribution < 1.29 is 23.8 Å². The Balaban J connectivity index is 1.41. The average molecular weight is 635 g/mol. The summed E-state index contributed by atoms with van der Waals surface area (Å²) in [5.41, 5.74) is 3.11. The Morgan fingerprint density at radius 2 is 2.00 bits per heavy atom. The summed E-state index contributed by atoms with van der Waals surface area (Å²) in [4.78, 5) is 41.4. The molecular formula is C33H36ClFN6O4. The predicted octanol–water partition coefficient (Wildman–Crippen LogP) is 7.27. The zero-order valence-corrected chi connectivity index (χ0v) is 26.2. The molecular weight excluding hydrogens is 599 g/mol. The highest BCUT2D eigenvalue weighted by atomic mass is 35.5. The number of carbonyl (C=O) groups is 2. The number of benzene rings is 1. The van der Waals surface area contributed by atoms with Gasteiger partial charge in [0.2, 0.25) is 0 Å². The third-order valence-corrected chi connectivity index (χ3v) is 7.92. The Labute approximate surface area is 266 Å². The molecule has 0 radical (unpaired) electrons. The number of fused-ring (bicyclic) bond motifs is 1. The van der Waals surface area contributed by atoms with Crippen LogP contribution in [0.1, 0.15) is 56.8 Å². The van der Waals surface area contributed by atoms with E-state index in [4.69, 9.17) is 21.3 Å². The van der Waals surface area contributed by atoms with Gasteiger partial charge < -0.3 is 25.4 Å². The minimum absolute atomic E-state index is 0.0440. The maximum absolute atomic E-state index is 14.3. The molecule has 4 aromatic rings. The molecule has 0 saturated carbocycles. The molecule has 10 nitrogen and oxygen atoms in total. The molecule has 3 aromatic heterocycles. The molecule has 1 amide bonds. The summed E-state index contributed by atoms with van der Waals surface area (Å²) in [6.45, 7) is 7.49. The van der Waals surface area contributed by atoms with E-state index in [9.17, 15) is 19.1 Å². The molecule has 1 aliphatic heterocycles. The van der Waals surface area contributed by atoms with E-state index in [0.717, 1.165) is 44.1 Å². The molecule has 236 valence electrons. The fourth-order valence-corrected chi connectivity index (χ4v) is 5.38. The second-order valence-electron chi connectivity index (χ2n) is 11.4. The van der Waals surface area contributed by atoms with E-state index in [1.807, 2.05) is 32.9 Å². The highest BCUT2D eigenvalue weighted by Gasteiger charge is 2.24. The number of hydrogen-bond acceptors (Lipinski definition) is 9. The second kappa shape index (κ2) is 14.1. The standard InChI is InChI=1S/C33H36ClFN6O4/c1-4-5-13-45-33(44)39-22-7-6-12-41(18-22)28-11-8-21(16-37-28)38-29-23(31(42)19(2)3)17-36-27-10-9-26(40-30(27)29)20-14-24(34)32(43)25(35)15-20/h8-11,14-17,19,22,43H,4-7,12-13,18H2,1-3H3,(H,36,38)(H,39,44)/t22-/m1/s1. The molecule has 5 rings (SSSR count). The monoisotopic (exact) mass is 634 g/mol. The maximum atomic E-state index is 14.3. The predicted molar refractivity (Wildman–Crippen MR) is 173 cm³/mol. The summed E-state index contributed by atoms with van der Waals surface area (Å²) in [7, 11) is 0. The van der Waals surface area contributed by atoms with E-state index in [0.29, 0.717) is 52.4 Å². The first-order valence-corrected chi connectivity index (χ1v) is 15.5. The van der Waals surface area contributed by atoms with Gasteiger partial charge in [-0.15, -0.1) is 0 Å². The van der Waals surface area contributed by atoms with Crippen molar-refractivity contribution in [3.05, 3.63) is 65.2 Å². The van der Waals surface area contributed by atoms with Crippen molar-refractivity contribution in [2.45, 2.75) is 52.5 Å². The summed E-state index contributed by atoms with van der Waals surface area (Å²) in [5, 5.41) is 15.9. The lowest BCUT2D eigenvalue weighted by atomic mass is 10.00. The van der Waals surface area contributed by atoms with Crippen LogP contribution in [-0.4, -0.2) is 57.7 Å². The van der Waals surface area contributed by atoms with Crippen molar-refractivity contribution in [2.24, 2.45) is 5.92 Å². The van der Waals surface area contributed by atoms with E-state index in [1.54, 1.807) is 18.3 Å². The Morgan fingerprint density at radius 1 is 1.18 bits per heavy atom. The zero-order chi connectivity index (χ0) is 32.1. The van der Waals surface area contributed by atoms with Gasteiger partial charge in [0, 0.05) is 36.8 Å². The quantitative estimate of drug-likeness (QED) is 0.122. The van der Waals surface area contributed by atoms with Crippen LogP contribution >= 0.6 is 11.6 Å². The fraction of sp³-hybridized carbons (Fsp3) is 0.364. The van der Waals surface area contributed by atoms with E-state index < -0.39 is 17.7 Å². The third kappa shape index (κ3) is 7.42. The maximum Gasteiger partial charge on any atom is 0.407 e. The molecule has 12 heteroatoms. The number of ether oxygens (including phenoxy) is 1. The van der Waals surface area contributed by atoms with E-state index in [-0.39, 0.29) is 22.8 Å². The van der Waals surface area contributed by atoms with Crippen molar-refractivity contribution in [3.8, 4) is 17.0 Å². The van der Waals surface area contributed by atoms with Gasteiger partial charge in [-0.25, -0.2) is 19.2 Å². The number of nitrogens with one attached hydrogen (secondary N) is 2. The van der Waals surface area contributed by atoms with Gasteiger partial charge in [-0.3, -0.25) is 9.78 Å². The van der Waals surface area contributed by atoms with Crippen molar-refractivity contribution in [3.63, 3.8) is 0 Å². The zero-order valence-electron chi connectivity index (χ0n) is 25.4. The van der Waals surface area contributed by atoms with Gasteiger partial charge in [0.1, 0.15) is 11.3 Å². The minimum Gasteiger partial charge on any atom is -0.504 e. The normalized spacial score (nSPS) is 14.9. The van der Waals surface area contributed by atoms with Gasteiger partial charge in [0.25, 0.3) is 0 Å². The number of phenolic OH excluding ortho intramolecular Hbond substituents is 1. The van der Waals surface area contributed by atoms with Gasteiger partial charge >= 0.3 is 6.09 Å². The van der Waals surface area contributed by atoms with Gasteiger partial charge in [-0.1, -0.05) is 38.8 Å². The number of carbonyl (C=O) groups excluding carboxylic acids is 2. The van der Waals surface area contributed by atoms with E-state index in [1.165, 1.54) is 12.3 Å². The van der Waals surface area contributed by atoms with Gasteiger partial charge in [-0.05, 0) is 55.7 Å². The van der Waals surface area contributed by atoms with Crippen molar-refractivity contribution in [2.75, 3.05) is 29.9 Å². The second-order valence-corrected chi connectivity index (χ2v) is 11.8. The van der Waals surface area contributed by atoms with E-state index in [2.05, 4.69) is 25.5 Å². The third-order valence-electron chi connectivity index (χ3n) is 7.63. The number of hydrogen-bond donors (Lipinski definition) is 3. The number of aromatic nitrogens is 3. The molecule has 0 bridgehead atoms. The molecule has 4 heterocycles. The number of ketones is 1. The number of halogens is 2. The largest absolute Gasteiger partial charge is 0.504 e. The van der Waals surface area contributed by atoms with Crippen molar-refractivity contribution in [1.29, 1.82) is 0 Å². The lowest BCUT2D eigenvalue weighted by molar-refractivity contribution is 0.0940. The molecule has 0 aliphatic carbocycles. The van der Waals surface area contributed by atoms with Crippen LogP contribution in [0.15, 0.2) is 48.8 Å². The Hall–Kier alpha value is -4.51. The highest BCUT2D eigenvalue weighted by Crippen LogP contribution is 2.35. The molecule has 1 atom stereocenters. The van der Waals surface area contributed by atoms with Crippen LogP contribution in [-0.2, 0) is 4.74 Å². The smallest absolute Gasteiger partial charge is 0.407 e. The first-order chi connectivity index (χ1) is 21.6. The molecule has 1 saturated heterocycles. The number of amides is 1. The molecule has 0 unspecified atom stereocenters. The molecule has 0 spiro atoms. The van der Waals surface area contributed by atoms with Crippen LogP contribution in [0.5, 0.6) is 5.75 Å². The number of pyridine rings is 3. The average Bonchev–Trinajstić information content (AvgIpc) is 3.03. The number of phenols is 1. The SMILES string of the molecule is CCCCOC(=O)N[C@@H]1CCCN(c2ccc(Nc3c(C(=O)C(C)C)cnc4ccc(-c5cc(F)c(O)c(Cl)c5)nc34)cn2)C1. The fourth-order valence-electron chi connectivity index (χ4n) is 5.18. The lowest BCUT2D eigenvalue weighted by Gasteiger charge is -2.33. The number of alkyl carbamates (subject to hydrolysis) is 1. The molecule has 45 heavy (non-hydrogen) atoms. The number of aromatic hydroxyl groups is 1. The van der Waals surface area contributed by atoms with E-state index >= 15 is 0 Å². The summed E-state index contributed by atoms with van der Waals surface area (Å²) in [6, 6.07) is 9.69. The summed E-state index contributed by atoms with van der Waals surface area (Å²) < 4.78 is 19.6. The minimum atomic E-state index is -0.867. The van der Waals surface area contributed by atoms with Crippen LogP contribution < -0.4 is 15.5 Å². The molecule has 1 aromatic carbocycles. The Kier molecular flexibility index (Phi) is 9.97. The van der Waals surface area contributed by atoms with Crippen molar-refractivity contribution in [1.82, 2.24) is 20.3 Å². The van der Waals surface area contributed by atoms with Gasteiger partial charge in [0.15, 0.2) is 17.3 Å². The number of piperidine rings is 1. The topological polar surface area (TPSA) is 130 Å². The van der Waals surface area contributed by atoms with Crippen molar-refractivity contribution >= 4 is 51.7 Å². The molecule has 1 fully saturated rings. The molecule has 3 N–H and O–H groups in total. The highest BCUT2D eigenvalue weighted by molar-refractivity contribution is 6.32. The Bertz CT molecular complexity index is 1680. The van der Waals surface area contributed by atoms with Gasteiger partial charge in [-0.2, -0.15) is 0 Å². The number of unbranched alkanes of at least 4 members (excludes halogenated alkanes) is 1. The summed E-state index contributed by atoms with van der Waals surface area (Å²) in [6.07, 6.45) is 6.37. The number of Topliss-reactive ketones (excluding diaryl/α,β-unsaturated/α-hetero) is 1. The first kappa shape index (κ1) is 31.9.